The van der Waals surface area contributed by atoms with Crippen LogP contribution in [0.25, 0.3) is 11.4 Å². The minimum absolute atomic E-state index is 0.473. The zero-order valence-electron chi connectivity index (χ0n) is 9.29. The SMILES string of the molecule is O/C=C\C(F)c1ccc(-c2ncc(Br)cn2)cc1. The summed E-state index contributed by atoms with van der Waals surface area (Å²) in [5, 5.41) is 8.51. The molecule has 1 unspecified atom stereocenters. The molecule has 0 radical (unpaired) electrons. The van der Waals surface area contributed by atoms with E-state index < -0.39 is 6.17 Å². The fourth-order valence-corrected chi connectivity index (χ4v) is 1.67. The van der Waals surface area contributed by atoms with E-state index in [1.807, 2.05) is 0 Å². The van der Waals surface area contributed by atoms with Gasteiger partial charge in [-0.15, -0.1) is 0 Å². The van der Waals surface area contributed by atoms with E-state index in [4.69, 9.17) is 5.11 Å². The highest BCUT2D eigenvalue weighted by Crippen LogP contribution is 2.22. The number of nitrogens with zero attached hydrogens (tertiary/aromatic N) is 2. The lowest BCUT2D eigenvalue weighted by atomic mass is 10.1. The number of hydrogen-bond donors (Lipinski definition) is 1. The number of alkyl halides is 1. The van der Waals surface area contributed by atoms with Crippen LogP contribution < -0.4 is 0 Å². The van der Waals surface area contributed by atoms with Crippen LogP contribution in [-0.4, -0.2) is 15.1 Å². The molecule has 0 saturated carbocycles. The third-order valence-electron chi connectivity index (χ3n) is 2.36. The van der Waals surface area contributed by atoms with Crippen molar-refractivity contribution in [1.29, 1.82) is 0 Å². The number of aromatic nitrogens is 2. The van der Waals surface area contributed by atoms with Crippen molar-refractivity contribution in [2.45, 2.75) is 6.17 Å². The van der Waals surface area contributed by atoms with Gasteiger partial charge in [-0.25, -0.2) is 14.4 Å². The van der Waals surface area contributed by atoms with Gasteiger partial charge in [-0.1, -0.05) is 24.3 Å². The number of aliphatic hydroxyl groups excluding tert-OH is 1. The summed E-state index contributed by atoms with van der Waals surface area (Å²) >= 11 is 3.26. The average molecular weight is 309 g/mol. The molecule has 0 amide bonds. The Morgan fingerprint density at radius 3 is 2.33 bits per heavy atom. The zero-order valence-corrected chi connectivity index (χ0v) is 10.9. The summed E-state index contributed by atoms with van der Waals surface area (Å²) in [6.45, 7) is 0. The van der Waals surface area contributed by atoms with Gasteiger partial charge < -0.3 is 5.11 Å². The Morgan fingerprint density at radius 2 is 1.78 bits per heavy atom. The topological polar surface area (TPSA) is 46.0 Å². The minimum Gasteiger partial charge on any atom is -0.516 e. The summed E-state index contributed by atoms with van der Waals surface area (Å²) in [6.07, 6.45) is 3.78. The molecule has 0 fully saturated rings. The predicted molar refractivity (Wildman–Crippen MR) is 70.8 cm³/mol. The second-order valence-electron chi connectivity index (χ2n) is 3.59. The molecule has 3 nitrogen and oxygen atoms in total. The summed E-state index contributed by atoms with van der Waals surface area (Å²) in [6, 6.07) is 6.78. The zero-order chi connectivity index (χ0) is 13.0. The Kier molecular flexibility index (Phi) is 4.04. The van der Waals surface area contributed by atoms with Gasteiger partial charge in [0.25, 0.3) is 0 Å². The van der Waals surface area contributed by atoms with Crippen molar-refractivity contribution in [2.75, 3.05) is 0 Å². The van der Waals surface area contributed by atoms with Gasteiger partial charge in [0, 0.05) is 18.0 Å². The lowest BCUT2D eigenvalue weighted by molar-refractivity contribution is 0.396. The van der Waals surface area contributed by atoms with Gasteiger partial charge in [0.1, 0.15) is 6.17 Å². The van der Waals surface area contributed by atoms with Crippen molar-refractivity contribution in [3.05, 3.63) is 59.0 Å². The maximum atomic E-state index is 13.4. The molecule has 5 heteroatoms. The molecule has 18 heavy (non-hydrogen) atoms. The van der Waals surface area contributed by atoms with Crippen LogP contribution in [-0.2, 0) is 0 Å². The quantitative estimate of drug-likeness (QED) is 0.872. The van der Waals surface area contributed by atoms with Gasteiger partial charge in [0.15, 0.2) is 5.82 Å². The van der Waals surface area contributed by atoms with Crippen LogP contribution in [0.15, 0.2) is 53.5 Å². The van der Waals surface area contributed by atoms with Crippen LogP contribution in [0.4, 0.5) is 4.39 Å². The van der Waals surface area contributed by atoms with E-state index in [2.05, 4.69) is 25.9 Å². The van der Waals surface area contributed by atoms with Crippen LogP contribution in [0.3, 0.4) is 0 Å². The van der Waals surface area contributed by atoms with E-state index in [1.165, 1.54) is 0 Å². The summed E-state index contributed by atoms with van der Waals surface area (Å²) in [7, 11) is 0. The summed E-state index contributed by atoms with van der Waals surface area (Å²) in [5.41, 5.74) is 1.28. The molecule has 1 aromatic carbocycles. The van der Waals surface area contributed by atoms with Crippen molar-refractivity contribution in [2.24, 2.45) is 0 Å². The first kappa shape index (κ1) is 12.7. The van der Waals surface area contributed by atoms with E-state index in [0.29, 0.717) is 17.6 Å². The highest BCUT2D eigenvalue weighted by Gasteiger charge is 2.07. The Morgan fingerprint density at radius 1 is 1.17 bits per heavy atom. The molecule has 1 heterocycles. The van der Waals surface area contributed by atoms with E-state index in [9.17, 15) is 4.39 Å². The number of allylic oxidation sites excluding steroid dienone is 1. The molecule has 0 bridgehead atoms. The summed E-state index contributed by atoms with van der Waals surface area (Å²) < 4.78 is 14.2. The fraction of sp³-hybridized carbons (Fsp3) is 0.0769. The Bertz CT molecular complexity index is 540. The summed E-state index contributed by atoms with van der Waals surface area (Å²) in [5.74, 6) is 0.581. The van der Waals surface area contributed by atoms with Gasteiger partial charge in [0.2, 0.25) is 0 Å². The predicted octanol–water partition coefficient (Wildman–Crippen LogP) is 3.99. The van der Waals surface area contributed by atoms with E-state index >= 15 is 0 Å². The van der Waals surface area contributed by atoms with Crippen LogP contribution in [0, 0.1) is 0 Å². The van der Waals surface area contributed by atoms with E-state index in [-0.39, 0.29) is 0 Å². The van der Waals surface area contributed by atoms with Crippen LogP contribution >= 0.6 is 15.9 Å². The van der Waals surface area contributed by atoms with Crippen molar-refractivity contribution in [1.82, 2.24) is 9.97 Å². The minimum atomic E-state index is -1.31. The maximum absolute atomic E-state index is 13.4. The second-order valence-corrected chi connectivity index (χ2v) is 4.51. The molecular weight excluding hydrogens is 299 g/mol. The number of aliphatic hydroxyl groups is 1. The first-order valence-electron chi connectivity index (χ1n) is 5.23. The number of rotatable bonds is 3. The molecule has 1 atom stereocenters. The molecule has 92 valence electrons. The van der Waals surface area contributed by atoms with E-state index in [0.717, 1.165) is 16.1 Å². The van der Waals surface area contributed by atoms with Crippen molar-refractivity contribution >= 4 is 15.9 Å². The largest absolute Gasteiger partial charge is 0.516 e. The first-order valence-corrected chi connectivity index (χ1v) is 6.03. The van der Waals surface area contributed by atoms with Crippen molar-refractivity contribution < 1.29 is 9.50 Å². The van der Waals surface area contributed by atoms with E-state index in [1.54, 1.807) is 36.7 Å². The van der Waals surface area contributed by atoms with Crippen molar-refractivity contribution in [3.63, 3.8) is 0 Å². The van der Waals surface area contributed by atoms with Gasteiger partial charge in [-0.2, -0.15) is 0 Å². The summed E-state index contributed by atoms with van der Waals surface area (Å²) in [4.78, 5) is 8.31. The Labute approximate surface area is 112 Å². The second kappa shape index (κ2) is 5.73. The van der Waals surface area contributed by atoms with Gasteiger partial charge in [-0.05, 0) is 27.6 Å². The Hall–Kier alpha value is -1.75. The number of halogens is 2. The molecule has 0 spiro atoms. The van der Waals surface area contributed by atoms with Crippen LogP contribution in [0.1, 0.15) is 11.7 Å². The molecule has 2 rings (SSSR count). The molecular formula is C13H10BrFN2O. The smallest absolute Gasteiger partial charge is 0.159 e. The van der Waals surface area contributed by atoms with Crippen LogP contribution in [0.5, 0.6) is 0 Å². The molecule has 2 aromatic rings. The molecule has 0 aliphatic rings. The fourth-order valence-electron chi connectivity index (χ4n) is 1.46. The number of hydrogen-bond acceptors (Lipinski definition) is 3. The third kappa shape index (κ3) is 2.92. The number of benzene rings is 1. The molecule has 1 aromatic heterocycles. The monoisotopic (exact) mass is 308 g/mol. The molecule has 0 aliphatic carbocycles. The lowest BCUT2D eigenvalue weighted by Crippen LogP contribution is -1.90. The van der Waals surface area contributed by atoms with Gasteiger partial charge in [-0.3, -0.25) is 0 Å². The highest BCUT2D eigenvalue weighted by atomic mass is 79.9. The molecule has 0 aliphatic heterocycles. The highest BCUT2D eigenvalue weighted by molar-refractivity contribution is 9.10. The van der Waals surface area contributed by atoms with Crippen LogP contribution in [0.2, 0.25) is 0 Å². The standard InChI is InChI=1S/C13H10BrFN2O/c14-11-7-16-13(17-8-11)10-3-1-9(2-4-10)12(15)5-6-18/h1-8,12,18H/b6-5-. The van der Waals surface area contributed by atoms with Gasteiger partial charge in [0.05, 0.1) is 10.7 Å². The lowest BCUT2D eigenvalue weighted by Gasteiger charge is -2.04. The Balaban J connectivity index is 2.24. The normalized spacial score (nSPS) is 12.8. The first-order chi connectivity index (χ1) is 8.70. The average Bonchev–Trinajstić information content (AvgIpc) is 2.40. The maximum Gasteiger partial charge on any atom is 0.159 e. The van der Waals surface area contributed by atoms with Gasteiger partial charge >= 0.3 is 0 Å². The molecule has 0 saturated heterocycles. The molecule has 1 N–H and O–H groups in total. The van der Waals surface area contributed by atoms with Crippen molar-refractivity contribution in [3.8, 4) is 11.4 Å². The third-order valence-corrected chi connectivity index (χ3v) is 2.77.